The predicted octanol–water partition coefficient (Wildman–Crippen LogP) is 3.13. The summed E-state index contributed by atoms with van der Waals surface area (Å²) in [5, 5.41) is 2.86. The molecule has 1 N–H and O–H groups in total. The van der Waals surface area contributed by atoms with Crippen LogP contribution in [0.3, 0.4) is 0 Å². The summed E-state index contributed by atoms with van der Waals surface area (Å²) in [7, 11) is 0. The fraction of sp³-hybridized carbons (Fsp3) is 0.522. The summed E-state index contributed by atoms with van der Waals surface area (Å²) in [5.41, 5.74) is 1.75. The van der Waals surface area contributed by atoms with Gasteiger partial charge in [-0.1, -0.05) is 17.7 Å². The molecule has 1 aliphatic carbocycles. The quantitative estimate of drug-likeness (QED) is 0.785. The van der Waals surface area contributed by atoms with Gasteiger partial charge in [0.2, 0.25) is 5.91 Å². The molecule has 2 fully saturated rings. The first-order valence-corrected chi connectivity index (χ1v) is 10.7. The van der Waals surface area contributed by atoms with Crippen LogP contribution in [0.5, 0.6) is 0 Å². The van der Waals surface area contributed by atoms with Crippen molar-refractivity contribution in [1.29, 1.82) is 0 Å². The summed E-state index contributed by atoms with van der Waals surface area (Å²) in [6.45, 7) is 4.94. The summed E-state index contributed by atoms with van der Waals surface area (Å²) in [6, 6.07) is 7.46. The molecule has 0 unspecified atom stereocenters. The van der Waals surface area contributed by atoms with Crippen molar-refractivity contribution in [2.45, 2.75) is 51.5 Å². The van der Waals surface area contributed by atoms with Gasteiger partial charge in [0.25, 0.3) is 5.91 Å². The van der Waals surface area contributed by atoms with E-state index in [0.29, 0.717) is 24.4 Å². The van der Waals surface area contributed by atoms with Gasteiger partial charge in [0.1, 0.15) is 5.82 Å². The standard InChI is InChI=1S/C23H30N4O2/c1-17-4-8-19(9-5-17)23(29)25-11-10-21(28)26-13-2-3-20(16-26)22-24-12-14-27(22)15-18-6-7-18/h4-5,8-9,12,14,18,20H,2-3,6-7,10-11,13,15-16H2,1H3,(H,25,29)/t20-/m1/s1. The van der Waals surface area contributed by atoms with Crippen LogP contribution in [-0.2, 0) is 11.3 Å². The molecule has 6 nitrogen and oxygen atoms in total. The minimum Gasteiger partial charge on any atom is -0.352 e. The zero-order chi connectivity index (χ0) is 20.2. The number of amides is 2. The van der Waals surface area contributed by atoms with E-state index < -0.39 is 0 Å². The van der Waals surface area contributed by atoms with E-state index >= 15 is 0 Å². The van der Waals surface area contributed by atoms with E-state index in [2.05, 4.69) is 21.1 Å². The van der Waals surface area contributed by atoms with E-state index in [1.54, 1.807) is 0 Å². The summed E-state index contributed by atoms with van der Waals surface area (Å²) in [5.74, 6) is 2.22. The van der Waals surface area contributed by atoms with E-state index in [9.17, 15) is 9.59 Å². The van der Waals surface area contributed by atoms with Crippen LogP contribution in [0, 0.1) is 12.8 Å². The molecule has 29 heavy (non-hydrogen) atoms. The van der Waals surface area contributed by atoms with Crippen molar-refractivity contribution in [3.8, 4) is 0 Å². The maximum Gasteiger partial charge on any atom is 0.251 e. The van der Waals surface area contributed by atoms with Crippen LogP contribution in [0.15, 0.2) is 36.7 Å². The summed E-state index contributed by atoms with van der Waals surface area (Å²) >= 11 is 0. The van der Waals surface area contributed by atoms with Crippen LogP contribution in [0.4, 0.5) is 0 Å². The number of hydrogen-bond donors (Lipinski definition) is 1. The lowest BCUT2D eigenvalue weighted by Gasteiger charge is -2.33. The molecule has 2 heterocycles. The number of carbonyl (C=O) groups is 2. The van der Waals surface area contributed by atoms with Gasteiger partial charge in [-0.25, -0.2) is 4.98 Å². The number of rotatable bonds is 7. The molecule has 1 aromatic heterocycles. The minimum absolute atomic E-state index is 0.110. The summed E-state index contributed by atoms with van der Waals surface area (Å²) in [6.07, 6.45) is 9.02. The molecular weight excluding hydrogens is 364 g/mol. The summed E-state index contributed by atoms with van der Waals surface area (Å²) < 4.78 is 2.29. The minimum atomic E-state index is -0.128. The van der Waals surface area contributed by atoms with Gasteiger partial charge in [0.05, 0.1) is 0 Å². The molecule has 6 heteroatoms. The third-order valence-corrected chi connectivity index (χ3v) is 5.98. The number of likely N-dealkylation sites (tertiary alicyclic amines) is 1. The smallest absolute Gasteiger partial charge is 0.251 e. The van der Waals surface area contributed by atoms with Gasteiger partial charge in [0.15, 0.2) is 0 Å². The van der Waals surface area contributed by atoms with E-state index in [-0.39, 0.29) is 11.8 Å². The average Bonchev–Trinajstić information content (AvgIpc) is 3.43. The number of hydrogen-bond acceptors (Lipinski definition) is 3. The highest BCUT2D eigenvalue weighted by molar-refractivity contribution is 5.94. The molecule has 2 aliphatic rings. The highest BCUT2D eigenvalue weighted by Crippen LogP contribution is 2.33. The van der Waals surface area contributed by atoms with Crippen molar-refractivity contribution in [3.05, 3.63) is 53.6 Å². The number of benzene rings is 1. The lowest BCUT2D eigenvalue weighted by atomic mass is 9.96. The molecule has 0 radical (unpaired) electrons. The second kappa shape index (κ2) is 8.80. The number of nitrogens with one attached hydrogen (secondary N) is 1. The first kappa shape index (κ1) is 19.7. The highest BCUT2D eigenvalue weighted by atomic mass is 16.2. The maximum absolute atomic E-state index is 12.7. The number of piperidine rings is 1. The molecule has 2 aromatic rings. The molecule has 2 amide bonds. The van der Waals surface area contributed by atoms with Gasteiger partial charge in [-0.2, -0.15) is 0 Å². The second-order valence-corrected chi connectivity index (χ2v) is 8.43. The summed E-state index contributed by atoms with van der Waals surface area (Å²) in [4.78, 5) is 31.5. The molecule has 154 valence electrons. The molecule has 1 saturated heterocycles. The monoisotopic (exact) mass is 394 g/mol. The zero-order valence-corrected chi connectivity index (χ0v) is 17.1. The van der Waals surface area contributed by atoms with Crippen molar-refractivity contribution in [2.24, 2.45) is 5.92 Å². The average molecular weight is 395 g/mol. The van der Waals surface area contributed by atoms with Gasteiger partial charge < -0.3 is 14.8 Å². The van der Waals surface area contributed by atoms with Crippen LogP contribution in [0.1, 0.15) is 59.8 Å². The molecule has 1 aliphatic heterocycles. The second-order valence-electron chi connectivity index (χ2n) is 8.43. The highest BCUT2D eigenvalue weighted by Gasteiger charge is 2.29. The lowest BCUT2D eigenvalue weighted by Crippen LogP contribution is -2.41. The Kier molecular flexibility index (Phi) is 5.97. The number of nitrogens with zero attached hydrogens (tertiary/aromatic N) is 3. The Morgan fingerprint density at radius 2 is 1.97 bits per heavy atom. The zero-order valence-electron chi connectivity index (χ0n) is 17.1. The van der Waals surface area contributed by atoms with Crippen LogP contribution in [0.2, 0.25) is 0 Å². The molecule has 4 rings (SSSR count). The largest absolute Gasteiger partial charge is 0.352 e. The number of imidazole rings is 1. The Hall–Kier alpha value is -2.63. The third kappa shape index (κ3) is 5.05. The Bertz CT molecular complexity index is 854. The topological polar surface area (TPSA) is 67.2 Å². The predicted molar refractivity (Wildman–Crippen MR) is 112 cm³/mol. The number of carbonyl (C=O) groups excluding carboxylic acids is 2. The van der Waals surface area contributed by atoms with E-state index in [4.69, 9.17) is 0 Å². The van der Waals surface area contributed by atoms with Crippen LogP contribution in [0.25, 0.3) is 0 Å². The van der Waals surface area contributed by atoms with E-state index in [0.717, 1.165) is 49.8 Å². The molecule has 1 atom stereocenters. The fourth-order valence-corrected chi connectivity index (χ4v) is 4.08. The first-order chi connectivity index (χ1) is 14.1. The Morgan fingerprint density at radius 1 is 1.17 bits per heavy atom. The van der Waals surface area contributed by atoms with E-state index in [1.807, 2.05) is 42.3 Å². The van der Waals surface area contributed by atoms with Crippen LogP contribution < -0.4 is 5.32 Å². The van der Waals surface area contributed by atoms with Crippen LogP contribution in [-0.4, -0.2) is 45.9 Å². The van der Waals surface area contributed by atoms with Gasteiger partial charge in [0, 0.05) is 56.5 Å². The number of aryl methyl sites for hydroxylation is 1. The van der Waals surface area contributed by atoms with Crippen molar-refractivity contribution in [1.82, 2.24) is 19.8 Å². The lowest BCUT2D eigenvalue weighted by molar-refractivity contribution is -0.132. The molecular formula is C23H30N4O2. The Balaban J connectivity index is 1.27. The van der Waals surface area contributed by atoms with Crippen molar-refractivity contribution < 1.29 is 9.59 Å². The van der Waals surface area contributed by atoms with Gasteiger partial charge in [-0.15, -0.1) is 0 Å². The van der Waals surface area contributed by atoms with Gasteiger partial charge in [-0.3, -0.25) is 9.59 Å². The van der Waals surface area contributed by atoms with Crippen molar-refractivity contribution in [3.63, 3.8) is 0 Å². The molecule has 0 spiro atoms. The first-order valence-electron chi connectivity index (χ1n) is 10.7. The van der Waals surface area contributed by atoms with E-state index in [1.165, 1.54) is 12.8 Å². The van der Waals surface area contributed by atoms with Crippen molar-refractivity contribution >= 4 is 11.8 Å². The van der Waals surface area contributed by atoms with Crippen LogP contribution >= 0.6 is 0 Å². The fourth-order valence-electron chi connectivity index (χ4n) is 4.08. The Morgan fingerprint density at radius 3 is 2.72 bits per heavy atom. The van der Waals surface area contributed by atoms with Gasteiger partial charge >= 0.3 is 0 Å². The number of aromatic nitrogens is 2. The molecule has 1 aromatic carbocycles. The van der Waals surface area contributed by atoms with Crippen molar-refractivity contribution in [2.75, 3.05) is 19.6 Å². The molecule has 1 saturated carbocycles. The Labute approximate surface area is 172 Å². The molecule has 0 bridgehead atoms. The third-order valence-electron chi connectivity index (χ3n) is 5.98. The maximum atomic E-state index is 12.7. The SMILES string of the molecule is Cc1ccc(C(=O)NCCC(=O)N2CCC[C@@H](c3nccn3CC3CC3)C2)cc1. The normalized spacial score (nSPS) is 19.2. The van der Waals surface area contributed by atoms with Gasteiger partial charge in [-0.05, 0) is 50.7 Å².